The molecule has 110 valence electrons. The van der Waals surface area contributed by atoms with Crippen LogP contribution in [-0.2, 0) is 12.4 Å². The Hall–Kier alpha value is -1.26. The minimum atomic E-state index is 0.426. The summed E-state index contributed by atoms with van der Waals surface area (Å²) in [6, 6.07) is 8.21. The van der Waals surface area contributed by atoms with Crippen LogP contribution >= 0.6 is 23.4 Å². The topological polar surface area (TPSA) is 30.7 Å². The normalized spacial score (nSPS) is 13.1. The van der Waals surface area contributed by atoms with E-state index in [1.54, 1.807) is 0 Å². The van der Waals surface area contributed by atoms with Gasteiger partial charge < -0.3 is 4.57 Å². The van der Waals surface area contributed by atoms with Crippen molar-refractivity contribution < 1.29 is 0 Å². The van der Waals surface area contributed by atoms with Gasteiger partial charge in [-0.3, -0.25) is 4.98 Å². The molecule has 3 rings (SSSR count). The highest BCUT2D eigenvalue weighted by Crippen LogP contribution is 2.26. The predicted octanol–water partition coefficient (Wildman–Crippen LogP) is 4.32. The number of pyridine rings is 1. The zero-order valence-electron chi connectivity index (χ0n) is 12.2. The fourth-order valence-corrected chi connectivity index (χ4v) is 3.64. The van der Waals surface area contributed by atoms with Gasteiger partial charge in [-0.2, -0.15) is 11.8 Å². The molecule has 3 nitrogen and oxygen atoms in total. The second-order valence-electron chi connectivity index (χ2n) is 5.34. The molecule has 0 radical (unpaired) electrons. The highest BCUT2D eigenvalue weighted by Gasteiger charge is 2.15. The van der Waals surface area contributed by atoms with E-state index < -0.39 is 0 Å². The second kappa shape index (κ2) is 6.24. The molecule has 21 heavy (non-hydrogen) atoms. The van der Waals surface area contributed by atoms with Gasteiger partial charge in [0.15, 0.2) is 0 Å². The molecule has 1 aromatic carbocycles. The van der Waals surface area contributed by atoms with Gasteiger partial charge in [0, 0.05) is 11.9 Å². The monoisotopic (exact) mass is 319 g/mol. The Labute approximate surface area is 133 Å². The zero-order valence-corrected chi connectivity index (χ0v) is 13.8. The number of hydrogen-bond donors (Lipinski definition) is 0. The maximum atomic E-state index is 6.11. The van der Waals surface area contributed by atoms with Crippen molar-refractivity contribution in [3.05, 3.63) is 36.3 Å². The lowest BCUT2D eigenvalue weighted by atomic mass is 10.1. The van der Waals surface area contributed by atoms with Crippen LogP contribution in [0.2, 0.25) is 0 Å². The Balaban J connectivity index is 2.21. The Kier molecular flexibility index (Phi) is 4.36. The standard InChI is InChI=1S/C16H18ClN3S/c1-11(10-21-2)9-20-15(7-17)19-14-8-18-13-6-4-3-5-12(13)16(14)20/h3-6,8,11H,7,9-10H2,1-2H3. The average Bonchev–Trinajstić information content (AvgIpc) is 2.85. The summed E-state index contributed by atoms with van der Waals surface area (Å²) in [4.78, 5) is 9.15. The predicted molar refractivity (Wildman–Crippen MR) is 92.1 cm³/mol. The van der Waals surface area contributed by atoms with Crippen LogP contribution < -0.4 is 0 Å². The number of nitrogens with zero attached hydrogens (tertiary/aromatic N) is 3. The molecule has 0 aliphatic carbocycles. The van der Waals surface area contributed by atoms with Crippen molar-refractivity contribution in [2.75, 3.05) is 12.0 Å². The Morgan fingerprint density at radius 3 is 2.86 bits per heavy atom. The van der Waals surface area contributed by atoms with Crippen molar-refractivity contribution in [2.45, 2.75) is 19.3 Å². The molecule has 0 saturated heterocycles. The number of benzene rings is 1. The largest absolute Gasteiger partial charge is 0.326 e. The molecular formula is C16H18ClN3S. The van der Waals surface area contributed by atoms with Crippen LogP contribution in [0.1, 0.15) is 12.7 Å². The fraction of sp³-hybridized carbons (Fsp3) is 0.375. The van der Waals surface area contributed by atoms with Crippen LogP contribution in [0.25, 0.3) is 21.9 Å². The summed E-state index contributed by atoms with van der Waals surface area (Å²) in [7, 11) is 0. The highest BCUT2D eigenvalue weighted by molar-refractivity contribution is 7.98. The van der Waals surface area contributed by atoms with Crippen molar-refractivity contribution in [3.63, 3.8) is 0 Å². The molecule has 0 aliphatic rings. The first-order chi connectivity index (χ1) is 10.2. The van der Waals surface area contributed by atoms with E-state index in [9.17, 15) is 0 Å². The average molecular weight is 320 g/mol. The summed E-state index contributed by atoms with van der Waals surface area (Å²) in [5, 5.41) is 1.15. The smallest absolute Gasteiger partial charge is 0.124 e. The molecule has 0 N–H and O–H groups in total. The Bertz CT molecular complexity index is 769. The fourth-order valence-electron chi connectivity index (χ4n) is 2.76. The molecule has 2 aromatic heterocycles. The quantitative estimate of drug-likeness (QED) is 0.656. The van der Waals surface area contributed by atoms with E-state index in [0.29, 0.717) is 11.8 Å². The summed E-state index contributed by atoms with van der Waals surface area (Å²) in [5.74, 6) is 3.06. The van der Waals surface area contributed by atoms with E-state index in [2.05, 4.69) is 33.8 Å². The minimum absolute atomic E-state index is 0.426. The van der Waals surface area contributed by atoms with Gasteiger partial charge in [-0.15, -0.1) is 11.6 Å². The van der Waals surface area contributed by atoms with Crippen LogP contribution in [0.4, 0.5) is 0 Å². The van der Waals surface area contributed by atoms with Gasteiger partial charge in [0.2, 0.25) is 0 Å². The maximum Gasteiger partial charge on any atom is 0.124 e. The lowest BCUT2D eigenvalue weighted by Gasteiger charge is -2.14. The van der Waals surface area contributed by atoms with Gasteiger partial charge in [-0.05, 0) is 24.0 Å². The lowest BCUT2D eigenvalue weighted by molar-refractivity contribution is 0.531. The molecule has 1 unspecified atom stereocenters. The first-order valence-corrected chi connectivity index (χ1v) is 8.95. The maximum absolute atomic E-state index is 6.11. The van der Waals surface area contributed by atoms with Gasteiger partial charge in [-0.1, -0.05) is 25.1 Å². The molecule has 0 bridgehead atoms. The second-order valence-corrected chi connectivity index (χ2v) is 6.52. The number of alkyl halides is 1. The first-order valence-electron chi connectivity index (χ1n) is 7.02. The van der Waals surface area contributed by atoms with Gasteiger partial charge in [0.1, 0.15) is 11.3 Å². The number of fused-ring (bicyclic) bond motifs is 3. The molecule has 0 saturated carbocycles. The number of thioether (sulfide) groups is 1. The molecular weight excluding hydrogens is 302 g/mol. The molecule has 0 fully saturated rings. The highest BCUT2D eigenvalue weighted by atomic mass is 35.5. The number of aromatic nitrogens is 3. The molecule has 2 heterocycles. The molecule has 0 aliphatic heterocycles. The van der Waals surface area contributed by atoms with Crippen molar-refractivity contribution in [1.29, 1.82) is 0 Å². The summed E-state index contributed by atoms with van der Waals surface area (Å²) >= 11 is 7.98. The van der Waals surface area contributed by atoms with Crippen LogP contribution in [0.3, 0.4) is 0 Å². The summed E-state index contributed by atoms with van der Waals surface area (Å²) in [6.45, 7) is 3.21. The van der Waals surface area contributed by atoms with Crippen LogP contribution in [-0.4, -0.2) is 26.5 Å². The number of halogens is 1. The van der Waals surface area contributed by atoms with Crippen molar-refractivity contribution in [1.82, 2.24) is 14.5 Å². The van der Waals surface area contributed by atoms with Crippen LogP contribution in [0.5, 0.6) is 0 Å². The first kappa shape index (κ1) is 14.7. The van der Waals surface area contributed by atoms with E-state index in [0.717, 1.165) is 40.1 Å². The lowest BCUT2D eigenvalue weighted by Crippen LogP contribution is -2.12. The van der Waals surface area contributed by atoms with Crippen molar-refractivity contribution >= 4 is 45.3 Å². The number of imidazole rings is 1. The van der Waals surface area contributed by atoms with E-state index in [1.807, 2.05) is 36.2 Å². The summed E-state index contributed by atoms with van der Waals surface area (Å²) < 4.78 is 2.27. The van der Waals surface area contributed by atoms with Crippen molar-refractivity contribution in [2.24, 2.45) is 5.92 Å². The van der Waals surface area contributed by atoms with Gasteiger partial charge >= 0.3 is 0 Å². The summed E-state index contributed by atoms with van der Waals surface area (Å²) in [6.07, 6.45) is 3.99. The van der Waals surface area contributed by atoms with Crippen LogP contribution in [0, 0.1) is 5.92 Å². The van der Waals surface area contributed by atoms with E-state index >= 15 is 0 Å². The van der Waals surface area contributed by atoms with E-state index in [1.165, 1.54) is 0 Å². The summed E-state index contributed by atoms with van der Waals surface area (Å²) in [5.41, 5.74) is 3.09. The number of hydrogen-bond acceptors (Lipinski definition) is 3. The minimum Gasteiger partial charge on any atom is -0.326 e. The molecule has 0 amide bonds. The Morgan fingerprint density at radius 1 is 1.29 bits per heavy atom. The molecule has 1 atom stereocenters. The van der Waals surface area contributed by atoms with E-state index in [4.69, 9.17) is 11.6 Å². The molecule has 0 spiro atoms. The zero-order chi connectivity index (χ0) is 14.8. The Morgan fingerprint density at radius 2 is 2.10 bits per heavy atom. The third kappa shape index (κ3) is 2.74. The number of rotatable bonds is 5. The third-order valence-electron chi connectivity index (χ3n) is 3.62. The molecule has 3 aromatic rings. The number of para-hydroxylation sites is 1. The van der Waals surface area contributed by atoms with Gasteiger partial charge in [0.25, 0.3) is 0 Å². The van der Waals surface area contributed by atoms with Crippen LogP contribution in [0.15, 0.2) is 30.5 Å². The van der Waals surface area contributed by atoms with E-state index in [-0.39, 0.29) is 0 Å². The SMILES string of the molecule is CSCC(C)Cn1c(CCl)nc2cnc3ccccc3c21. The molecule has 5 heteroatoms. The van der Waals surface area contributed by atoms with Crippen molar-refractivity contribution in [3.8, 4) is 0 Å². The third-order valence-corrected chi connectivity index (χ3v) is 4.77. The van der Waals surface area contributed by atoms with Gasteiger partial charge in [0.05, 0.1) is 23.1 Å². The van der Waals surface area contributed by atoms with Gasteiger partial charge in [-0.25, -0.2) is 4.98 Å².